The van der Waals surface area contributed by atoms with Gasteiger partial charge in [0.25, 0.3) is 0 Å². The predicted molar refractivity (Wildman–Crippen MR) is 71.4 cm³/mol. The molecule has 1 atom stereocenters. The van der Waals surface area contributed by atoms with Crippen LogP contribution in [0.15, 0.2) is 18.2 Å². The van der Waals surface area contributed by atoms with Crippen molar-refractivity contribution in [2.45, 2.75) is 25.3 Å². The molecule has 0 spiro atoms. The highest BCUT2D eigenvalue weighted by atomic mass is 35.5. The normalized spacial score (nSPS) is 19.3. The number of hydrogen-bond acceptors (Lipinski definition) is 3. The molecule has 0 saturated carbocycles. The standard InChI is InChI=1S/C13H19NO2.ClH/c1-15-12-7-6-10(9-13(12)16-2)11-5-3-4-8-14-11;/h6-7,9,11,14H,3-5,8H2,1-2H3;1H/t11-;/m1./s1. The summed E-state index contributed by atoms with van der Waals surface area (Å²) in [6, 6.07) is 6.63. The lowest BCUT2D eigenvalue weighted by molar-refractivity contribution is 0.352. The molecule has 0 unspecified atom stereocenters. The lowest BCUT2D eigenvalue weighted by atomic mass is 9.97. The predicted octanol–water partition coefficient (Wildman–Crippen LogP) is 2.94. The van der Waals surface area contributed by atoms with E-state index in [0.717, 1.165) is 18.0 Å². The first kappa shape index (κ1) is 14.1. The molecule has 1 aromatic rings. The average molecular weight is 258 g/mol. The van der Waals surface area contributed by atoms with Crippen LogP contribution in [0.25, 0.3) is 0 Å². The van der Waals surface area contributed by atoms with Crippen molar-refractivity contribution in [3.05, 3.63) is 23.8 Å². The Balaban J connectivity index is 0.00000144. The van der Waals surface area contributed by atoms with Crippen LogP contribution in [0.3, 0.4) is 0 Å². The van der Waals surface area contributed by atoms with Crippen LogP contribution in [0.1, 0.15) is 30.9 Å². The molecule has 0 aliphatic carbocycles. The molecule has 0 bridgehead atoms. The fraction of sp³-hybridized carbons (Fsp3) is 0.538. The van der Waals surface area contributed by atoms with Crippen LogP contribution in [0.4, 0.5) is 0 Å². The summed E-state index contributed by atoms with van der Waals surface area (Å²) >= 11 is 0. The average Bonchev–Trinajstić information content (AvgIpc) is 2.39. The number of halogens is 1. The number of methoxy groups -OCH3 is 2. The van der Waals surface area contributed by atoms with Crippen molar-refractivity contribution in [2.75, 3.05) is 20.8 Å². The minimum atomic E-state index is 0. The van der Waals surface area contributed by atoms with Gasteiger partial charge in [-0.15, -0.1) is 12.4 Å². The Morgan fingerprint density at radius 2 is 1.88 bits per heavy atom. The molecule has 1 fully saturated rings. The van der Waals surface area contributed by atoms with Crippen LogP contribution in [-0.2, 0) is 0 Å². The summed E-state index contributed by atoms with van der Waals surface area (Å²) in [4.78, 5) is 0. The van der Waals surface area contributed by atoms with Gasteiger partial charge in [-0.25, -0.2) is 0 Å². The second kappa shape index (κ2) is 6.72. The van der Waals surface area contributed by atoms with Crippen LogP contribution in [0.5, 0.6) is 11.5 Å². The molecule has 96 valence electrons. The first-order chi connectivity index (χ1) is 7.85. The van der Waals surface area contributed by atoms with Crippen molar-refractivity contribution in [3.8, 4) is 11.5 Å². The highest BCUT2D eigenvalue weighted by molar-refractivity contribution is 5.85. The summed E-state index contributed by atoms with van der Waals surface area (Å²) in [5.41, 5.74) is 1.29. The molecule has 1 aliphatic rings. The van der Waals surface area contributed by atoms with E-state index in [0.29, 0.717) is 6.04 Å². The summed E-state index contributed by atoms with van der Waals surface area (Å²) in [5.74, 6) is 1.61. The fourth-order valence-electron chi connectivity index (χ4n) is 2.21. The van der Waals surface area contributed by atoms with E-state index >= 15 is 0 Å². The first-order valence-electron chi connectivity index (χ1n) is 5.80. The van der Waals surface area contributed by atoms with Gasteiger partial charge < -0.3 is 14.8 Å². The topological polar surface area (TPSA) is 30.5 Å². The van der Waals surface area contributed by atoms with Crippen LogP contribution >= 0.6 is 12.4 Å². The van der Waals surface area contributed by atoms with Gasteiger partial charge in [0.15, 0.2) is 11.5 Å². The van der Waals surface area contributed by atoms with Gasteiger partial charge in [-0.3, -0.25) is 0 Å². The second-order valence-electron chi connectivity index (χ2n) is 4.12. The fourth-order valence-corrected chi connectivity index (χ4v) is 2.21. The highest BCUT2D eigenvalue weighted by Crippen LogP contribution is 2.32. The third-order valence-corrected chi connectivity index (χ3v) is 3.12. The Labute approximate surface area is 109 Å². The van der Waals surface area contributed by atoms with Gasteiger partial charge in [0.2, 0.25) is 0 Å². The molecule has 1 saturated heterocycles. The SMILES string of the molecule is COc1ccc([C@H]2CCCCN2)cc1OC.Cl. The van der Waals surface area contributed by atoms with Crippen LogP contribution in [0, 0.1) is 0 Å². The molecule has 0 aromatic heterocycles. The van der Waals surface area contributed by atoms with Gasteiger partial charge in [0, 0.05) is 6.04 Å². The lowest BCUT2D eigenvalue weighted by Gasteiger charge is -2.24. The lowest BCUT2D eigenvalue weighted by Crippen LogP contribution is -2.26. The first-order valence-corrected chi connectivity index (χ1v) is 5.80. The third kappa shape index (κ3) is 3.27. The second-order valence-corrected chi connectivity index (χ2v) is 4.12. The Hall–Kier alpha value is -0.930. The largest absolute Gasteiger partial charge is 0.493 e. The summed E-state index contributed by atoms with van der Waals surface area (Å²) in [6.07, 6.45) is 3.78. The van der Waals surface area contributed by atoms with Gasteiger partial charge in [0.1, 0.15) is 0 Å². The Morgan fingerprint density at radius 3 is 2.47 bits per heavy atom. The van der Waals surface area contributed by atoms with Crippen molar-refractivity contribution in [1.82, 2.24) is 5.32 Å². The zero-order chi connectivity index (χ0) is 11.4. The van der Waals surface area contributed by atoms with E-state index in [2.05, 4.69) is 17.4 Å². The van der Waals surface area contributed by atoms with Crippen molar-refractivity contribution >= 4 is 12.4 Å². The number of hydrogen-bond donors (Lipinski definition) is 1. The molecule has 3 nitrogen and oxygen atoms in total. The molecule has 2 rings (SSSR count). The van der Waals surface area contributed by atoms with Gasteiger partial charge in [-0.1, -0.05) is 12.5 Å². The number of rotatable bonds is 3. The van der Waals surface area contributed by atoms with Crippen molar-refractivity contribution in [2.24, 2.45) is 0 Å². The zero-order valence-electron chi connectivity index (χ0n) is 10.4. The van der Waals surface area contributed by atoms with Crippen LogP contribution in [-0.4, -0.2) is 20.8 Å². The minimum absolute atomic E-state index is 0. The number of benzene rings is 1. The summed E-state index contributed by atoms with van der Waals surface area (Å²) < 4.78 is 10.5. The summed E-state index contributed by atoms with van der Waals surface area (Å²) in [5, 5.41) is 3.53. The van der Waals surface area contributed by atoms with E-state index < -0.39 is 0 Å². The molecule has 17 heavy (non-hydrogen) atoms. The summed E-state index contributed by atoms with van der Waals surface area (Å²) in [7, 11) is 3.34. The maximum Gasteiger partial charge on any atom is 0.161 e. The monoisotopic (exact) mass is 257 g/mol. The summed E-state index contributed by atoms with van der Waals surface area (Å²) in [6.45, 7) is 1.11. The third-order valence-electron chi connectivity index (χ3n) is 3.12. The molecular weight excluding hydrogens is 238 g/mol. The van der Waals surface area contributed by atoms with Gasteiger partial charge >= 0.3 is 0 Å². The maximum atomic E-state index is 5.31. The van der Waals surface area contributed by atoms with Crippen molar-refractivity contribution < 1.29 is 9.47 Å². The number of piperidine rings is 1. The molecule has 1 aromatic carbocycles. The smallest absolute Gasteiger partial charge is 0.161 e. The molecule has 4 heteroatoms. The molecular formula is C13H20ClNO2. The van der Waals surface area contributed by atoms with Gasteiger partial charge in [0.05, 0.1) is 14.2 Å². The van der Waals surface area contributed by atoms with E-state index in [1.807, 2.05) is 6.07 Å². The molecule has 1 heterocycles. The molecule has 1 N–H and O–H groups in total. The van der Waals surface area contributed by atoms with Crippen molar-refractivity contribution in [1.29, 1.82) is 0 Å². The number of ether oxygens (including phenoxy) is 2. The van der Waals surface area contributed by atoms with Gasteiger partial charge in [-0.2, -0.15) is 0 Å². The zero-order valence-corrected chi connectivity index (χ0v) is 11.2. The van der Waals surface area contributed by atoms with Crippen LogP contribution < -0.4 is 14.8 Å². The highest BCUT2D eigenvalue weighted by Gasteiger charge is 2.16. The van der Waals surface area contributed by atoms with Crippen LogP contribution in [0.2, 0.25) is 0 Å². The van der Waals surface area contributed by atoms with Crippen molar-refractivity contribution in [3.63, 3.8) is 0 Å². The quantitative estimate of drug-likeness (QED) is 0.903. The molecule has 1 aliphatic heterocycles. The Kier molecular flexibility index (Phi) is 5.59. The van der Waals surface area contributed by atoms with E-state index in [-0.39, 0.29) is 12.4 Å². The van der Waals surface area contributed by atoms with Gasteiger partial charge in [-0.05, 0) is 37.1 Å². The van der Waals surface area contributed by atoms with E-state index in [4.69, 9.17) is 9.47 Å². The van der Waals surface area contributed by atoms with E-state index in [9.17, 15) is 0 Å². The Bertz CT molecular complexity index is 351. The Morgan fingerprint density at radius 1 is 1.12 bits per heavy atom. The van der Waals surface area contributed by atoms with E-state index in [1.54, 1.807) is 14.2 Å². The molecule has 0 amide bonds. The minimum Gasteiger partial charge on any atom is -0.493 e. The van der Waals surface area contributed by atoms with E-state index in [1.165, 1.54) is 24.8 Å². The maximum absolute atomic E-state index is 5.31. The molecule has 0 radical (unpaired) electrons. The number of nitrogens with one attached hydrogen (secondary N) is 1.